The highest BCUT2D eigenvalue weighted by molar-refractivity contribution is 7.98. The van der Waals surface area contributed by atoms with Crippen LogP contribution in [0.5, 0.6) is 0 Å². The number of thioether (sulfide) groups is 1. The molecule has 8 N–H and O–H groups in total. The first-order valence-corrected chi connectivity index (χ1v) is 12.6. The van der Waals surface area contributed by atoms with Crippen LogP contribution in [0.4, 0.5) is 0 Å². The van der Waals surface area contributed by atoms with E-state index in [1.807, 2.05) is 30.5 Å². The molecule has 36 heavy (non-hydrogen) atoms. The molecule has 0 saturated carbocycles. The number of hydrogen-bond acceptors (Lipinski definition) is 7. The number of para-hydroxylation sites is 1. The molecule has 0 radical (unpaired) electrons. The van der Waals surface area contributed by atoms with Crippen molar-refractivity contribution < 1.29 is 34.2 Å². The lowest BCUT2D eigenvalue weighted by Crippen LogP contribution is -2.57. The van der Waals surface area contributed by atoms with Gasteiger partial charge in [-0.25, -0.2) is 0 Å². The Bertz CT molecular complexity index is 1110. The van der Waals surface area contributed by atoms with Gasteiger partial charge in [0, 0.05) is 17.1 Å². The summed E-state index contributed by atoms with van der Waals surface area (Å²) in [6.45, 7) is 1.20. The number of aromatic nitrogens is 1. The summed E-state index contributed by atoms with van der Waals surface area (Å²) in [7, 11) is 0. The van der Waals surface area contributed by atoms with Crippen molar-refractivity contribution in [2.45, 2.75) is 50.4 Å². The molecule has 12 nitrogen and oxygen atoms in total. The number of benzene rings is 1. The van der Waals surface area contributed by atoms with Gasteiger partial charge in [-0.3, -0.25) is 24.0 Å². The van der Waals surface area contributed by atoms with Crippen LogP contribution >= 0.6 is 11.8 Å². The molecule has 13 heteroatoms. The van der Waals surface area contributed by atoms with Gasteiger partial charge in [0.05, 0.1) is 12.5 Å². The van der Waals surface area contributed by atoms with Crippen molar-refractivity contribution >= 4 is 52.3 Å². The van der Waals surface area contributed by atoms with Crippen LogP contribution in [0.25, 0.3) is 10.9 Å². The van der Waals surface area contributed by atoms with Crippen LogP contribution in [0, 0.1) is 0 Å². The third-order valence-electron chi connectivity index (χ3n) is 5.44. The smallest absolute Gasteiger partial charge is 0.325 e. The van der Waals surface area contributed by atoms with E-state index in [0.717, 1.165) is 16.5 Å². The number of aromatic amines is 1. The molecule has 2 rings (SSSR count). The second kappa shape index (κ2) is 13.5. The lowest BCUT2D eigenvalue weighted by molar-refractivity contribution is -0.143. The monoisotopic (exact) mass is 521 g/mol. The molecule has 0 saturated heterocycles. The van der Waals surface area contributed by atoms with Crippen molar-refractivity contribution in [2.75, 3.05) is 12.0 Å². The number of carboxylic acid groups (broad SMARTS) is 2. The van der Waals surface area contributed by atoms with Crippen molar-refractivity contribution in [3.63, 3.8) is 0 Å². The van der Waals surface area contributed by atoms with E-state index in [1.54, 1.807) is 6.20 Å². The van der Waals surface area contributed by atoms with Crippen LogP contribution in [0.3, 0.4) is 0 Å². The van der Waals surface area contributed by atoms with Gasteiger partial charge in [-0.05, 0) is 43.4 Å². The topological polar surface area (TPSA) is 204 Å². The van der Waals surface area contributed by atoms with E-state index in [0.29, 0.717) is 5.75 Å². The molecule has 1 aromatic heterocycles. The number of hydrogen-bond donors (Lipinski definition) is 7. The number of aliphatic carboxylic acids is 2. The number of carbonyl (C=O) groups excluding carboxylic acids is 3. The third kappa shape index (κ3) is 8.27. The van der Waals surface area contributed by atoms with Gasteiger partial charge in [0.1, 0.15) is 18.1 Å². The molecule has 0 spiro atoms. The average Bonchev–Trinajstić information content (AvgIpc) is 3.23. The standard InChI is InChI=1S/C23H31N5O7S/c1-12(23(34)35)26-22(33)18(10-19(29)30)28-21(32)17(7-8-36-2)27-20(31)15(24)9-13-11-25-16-6-4-3-5-14(13)16/h3-6,11-12,15,17-18,25H,7-10,24H2,1-2H3,(H,26,33)(H,27,31)(H,28,32)(H,29,30)(H,34,35). The fourth-order valence-corrected chi connectivity index (χ4v) is 3.92. The molecule has 1 heterocycles. The summed E-state index contributed by atoms with van der Waals surface area (Å²) in [5.74, 6) is -4.53. The molecule has 0 fully saturated rings. The van der Waals surface area contributed by atoms with Crippen molar-refractivity contribution in [1.82, 2.24) is 20.9 Å². The number of amides is 3. The van der Waals surface area contributed by atoms with Gasteiger partial charge in [0.15, 0.2) is 0 Å². The van der Waals surface area contributed by atoms with Crippen molar-refractivity contribution in [2.24, 2.45) is 5.73 Å². The summed E-state index contributed by atoms with van der Waals surface area (Å²) in [6.07, 6.45) is 3.22. The molecule has 4 atom stereocenters. The molecule has 196 valence electrons. The average molecular weight is 522 g/mol. The van der Waals surface area contributed by atoms with Crippen LogP contribution in [0.15, 0.2) is 30.5 Å². The predicted octanol–water partition coefficient (Wildman–Crippen LogP) is -0.176. The number of rotatable bonds is 14. The fraction of sp³-hybridized carbons (Fsp3) is 0.435. The Morgan fingerprint density at radius 1 is 1.00 bits per heavy atom. The zero-order chi connectivity index (χ0) is 26.8. The Hall–Kier alpha value is -3.58. The fourth-order valence-electron chi connectivity index (χ4n) is 3.45. The minimum absolute atomic E-state index is 0.200. The highest BCUT2D eigenvalue weighted by atomic mass is 32.2. The molecular weight excluding hydrogens is 490 g/mol. The predicted molar refractivity (Wildman–Crippen MR) is 134 cm³/mol. The first-order valence-electron chi connectivity index (χ1n) is 11.2. The van der Waals surface area contributed by atoms with Gasteiger partial charge in [-0.15, -0.1) is 0 Å². The summed E-state index contributed by atoms with van der Waals surface area (Å²) in [5, 5.41) is 26.1. The third-order valence-corrected chi connectivity index (χ3v) is 6.08. The van der Waals surface area contributed by atoms with E-state index in [2.05, 4.69) is 20.9 Å². The minimum atomic E-state index is -1.54. The number of carbonyl (C=O) groups is 5. The summed E-state index contributed by atoms with van der Waals surface area (Å²) in [5.41, 5.74) is 7.85. The second-order valence-corrected chi connectivity index (χ2v) is 9.23. The van der Waals surface area contributed by atoms with E-state index < -0.39 is 60.2 Å². The van der Waals surface area contributed by atoms with Gasteiger partial charge in [-0.2, -0.15) is 11.8 Å². The van der Waals surface area contributed by atoms with Crippen LogP contribution < -0.4 is 21.7 Å². The van der Waals surface area contributed by atoms with Crippen molar-refractivity contribution in [3.8, 4) is 0 Å². The Labute approximate surface area is 211 Å². The van der Waals surface area contributed by atoms with E-state index in [1.165, 1.54) is 18.7 Å². The van der Waals surface area contributed by atoms with E-state index >= 15 is 0 Å². The summed E-state index contributed by atoms with van der Waals surface area (Å²) < 4.78 is 0. The molecule has 3 amide bonds. The molecule has 0 aliphatic carbocycles. The van der Waals surface area contributed by atoms with Crippen LogP contribution in [-0.4, -0.2) is 81.0 Å². The van der Waals surface area contributed by atoms with Gasteiger partial charge in [-0.1, -0.05) is 18.2 Å². The highest BCUT2D eigenvalue weighted by Crippen LogP contribution is 2.18. The Morgan fingerprint density at radius 3 is 2.28 bits per heavy atom. The van der Waals surface area contributed by atoms with E-state index in [9.17, 15) is 24.0 Å². The Kier molecular flexibility index (Phi) is 10.7. The van der Waals surface area contributed by atoms with Gasteiger partial charge in [0.25, 0.3) is 0 Å². The molecule has 4 unspecified atom stereocenters. The van der Waals surface area contributed by atoms with Crippen molar-refractivity contribution in [1.29, 1.82) is 0 Å². The van der Waals surface area contributed by atoms with Crippen LogP contribution in [0.1, 0.15) is 25.3 Å². The highest BCUT2D eigenvalue weighted by Gasteiger charge is 2.30. The first-order chi connectivity index (χ1) is 17.0. The van der Waals surface area contributed by atoms with Crippen LogP contribution in [-0.2, 0) is 30.4 Å². The molecule has 0 bridgehead atoms. The SMILES string of the molecule is CSCCC(NC(=O)C(N)Cc1c[nH]c2ccccc12)C(=O)NC(CC(=O)O)C(=O)NC(C)C(=O)O. The summed E-state index contributed by atoms with van der Waals surface area (Å²) in [4.78, 5) is 63.5. The maximum atomic E-state index is 12.9. The number of H-pyrrole nitrogens is 1. The molecule has 2 aromatic rings. The zero-order valence-electron chi connectivity index (χ0n) is 19.9. The van der Waals surface area contributed by atoms with Gasteiger partial charge in [0.2, 0.25) is 17.7 Å². The number of carboxylic acids is 2. The lowest BCUT2D eigenvalue weighted by Gasteiger charge is -2.24. The van der Waals surface area contributed by atoms with Crippen molar-refractivity contribution in [3.05, 3.63) is 36.0 Å². The summed E-state index contributed by atoms with van der Waals surface area (Å²) >= 11 is 1.43. The maximum Gasteiger partial charge on any atom is 0.325 e. The van der Waals surface area contributed by atoms with Gasteiger partial charge < -0.3 is 36.9 Å². The van der Waals surface area contributed by atoms with E-state index in [4.69, 9.17) is 15.9 Å². The molecule has 0 aliphatic rings. The number of nitrogens with one attached hydrogen (secondary N) is 4. The normalized spacial score (nSPS) is 14.3. The molecule has 1 aromatic carbocycles. The van der Waals surface area contributed by atoms with Crippen LogP contribution in [0.2, 0.25) is 0 Å². The zero-order valence-corrected chi connectivity index (χ0v) is 20.8. The largest absolute Gasteiger partial charge is 0.481 e. The quantitative estimate of drug-likeness (QED) is 0.176. The molecule has 0 aliphatic heterocycles. The first kappa shape index (κ1) is 28.7. The number of nitrogens with two attached hydrogens (primary N) is 1. The maximum absolute atomic E-state index is 12.9. The summed E-state index contributed by atoms with van der Waals surface area (Å²) in [6, 6.07) is 2.67. The lowest BCUT2D eigenvalue weighted by atomic mass is 10.0. The number of fused-ring (bicyclic) bond motifs is 1. The van der Waals surface area contributed by atoms with E-state index in [-0.39, 0.29) is 12.8 Å². The Morgan fingerprint density at radius 2 is 1.64 bits per heavy atom. The molecular formula is C23H31N5O7S. The Balaban J connectivity index is 2.10. The second-order valence-electron chi connectivity index (χ2n) is 8.24. The minimum Gasteiger partial charge on any atom is -0.481 e. The van der Waals surface area contributed by atoms with Gasteiger partial charge >= 0.3 is 11.9 Å².